The Labute approximate surface area is 105 Å². The Morgan fingerprint density at radius 3 is 3.00 bits per heavy atom. The van der Waals surface area contributed by atoms with Crippen molar-refractivity contribution in [1.82, 2.24) is 0 Å². The van der Waals surface area contributed by atoms with Crippen LogP contribution in [0.5, 0.6) is 0 Å². The standard InChI is InChI=1S/C13H16ClFO2/c14-13-9(4-3-5-10(13)15)8-11(16)12-6-1-2-7-17-12/h3-5,11-12,16H,1-2,6-8H2. The molecule has 1 saturated heterocycles. The van der Waals surface area contributed by atoms with Gasteiger partial charge in [0.05, 0.1) is 17.2 Å². The highest BCUT2D eigenvalue weighted by Crippen LogP contribution is 2.24. The topological polar surface area (TPSA) is 29.5 Å². The Bertz CT molecular complexity index is 378. The van der Waals surface area contributed by atoms with Gasteiger partial charge in [0.25, 0.3) is 0 Å². The molecule has 1 heterocycles. The molecule has 1 aromatic carbocycles. The minimum absolute atomic E-state index is 0.0994. The van der Waals surface area contributed by atoms with Crippen molar-refractivity contribution in [3.8, 4) is 0 Å². The average Bonchev–Trinajstić information content (AvgIpc) is 2.36. The molecule has 0 saturated carbocycles. The largest absolute Gasteiger partial charge is 0.390 e. The number of hydrogen-bond donors (Lipinski definition) is 1. The van der Waals surface area contributed by atoms with Crippen molar-refractivity contribution in [1.29, 1.82) is 0 Å². The molecular weight excluding hydrogens is 243 g/mol. The molecule has 0 bridgehead atoms. The monoisotopic (exact) mass is 258 g/mol. The van der Waals surface area contributed by atoms with Crippen LogP contribution < -0.4 is 0 Å². The Hall–Kier alpha value is -0.640. The summed E-state index contributed by atoms with van der Waals surface area (Å²) >= 11 is 5.85. The lowest BCUT2D eigenvalue weighted by Crippen LogP contribution is -2.33. The lowest BCUT2D eigenvalue weighted by Gasteiger charge is -2.27. The number of aliphatic hydroxyl groups is 1. The molecule has 2 unspecified atom stereocenters. The van der Waals surface area contributed by atoms with Gasteiger partial charge in [0.15, 0.2) is 0 Å². The summed E-state index contributed by atoms with van der Waals surface area (Å²) in [5.74, 6) is -0.444. The number of halogens is 2. The van der Waals surface area contributed by atoms with Gasteiger partial charge in [-0.1, -0.05) is 23.7 Å². The van der Waals surface area contributed by atoms with Gasteiger partial charge in [0.1, 0.15) is 5.82 Å². The van der Waals surface area contributed by atoms with Crippen LogP contribution in [0.25, 0.3) is 0 Å². The van der Waals surface area contributed by atoms with Crippen LogP contribution in [0.1, 0.15) is 24.8 Å². The Morgan fingerprint density at radius 2 is 2.29 bits per heavy atom. The number of hydrogen-bond acceptors (Lipinski definition) is 2. The highest BCUT2D eigenvalue weighted by Gasteiger charge is 2.23. The summed E-state index contributed by atoms with van der Waals surface area (Å²) in [5.41, 5.74) is 0.633. The average molecular weight is 259 g/mol. The molecule has 2 atom stereocenters. The molecule has 1 N–H and O–H groups in total. The molecule has 2 rings (SSSR count). The molecule has 0 aromatic heterocycles. The molecule has 2 nitrogen and oxygen atoms in total. The Morgan fingerprint density at radius 1 is 1.47 bits per heavy atom. The smallest absolute Gasteiger partial charge is 0.142 e. The van der Waals surface area contributed by atoms with Crippen LogP contribution in [0.3, 0.4) is 0 Å². The first kappa shape index (κ1) is 12.8. The molecule has 0 spiro atoms. The molecule has 1 fully saturated rings. The zero-order valence-corrected chi connectivity index (χ0v) is 10.3. The van der Waals surface area contributed by atoms with Crippen LogP contribution in [0, 0.1) is 5.82 Å². The van der Waals surface area contributed by atoms with Crippen LogP contribution in [-0.4, -0.2) is 23.9 Å². The van der Waals surface area contributed by atoms with Gasteiger partial charge in [-0.15, -0.1) is 0 Å². The third-order valence-corrected chi connectivity index (χ3v) is 3.53. The maximum absolute atomic E-state index is 13.2. The van der Waals surface area contributed by atoms with Gasteiger partial charge >= 0.3 is 0 Å². The molecule has 0 aliphatic carbocycles. The van der Waals surface area contributed by atoms with Gasteiger partial charge in [-0.2, -0.15) is 0 Å². The Balaban J connectivity index is 2.01. The molecule has 4 heteroatoms. The highest BCUT2D eigenvalue weighted by molar-refractivity contribution is 6.31. The first-order valence-electron chi connectivity index (χ1n) is 5.91. The first-order valence-corrected chi connectivity index (χ1v) is 6.29. The number of aliphatic hydroxyl groups excluding tert-OH is 1. The van der Waals surface area contributed by atoms with Gasteiger partial charge in [-0.3, -0.25) is 0 Å². The fraction of sp³-hybridized carbons (Fsp3) is 0.538. The van der Waals surface area contributed by atoms with E-state index >= 15 is 0 Å². The van der Waals surface area contributed by atoms with Crippen LogP contribution >= 0.6 is 11.6 Å². The van der Waals surface area contributed by atoms with E-state index in [1.54, 1.807) is 12.1 Å². The SMILES string of the molecule is OC(Cc1cccc(F)c1Cl)C1CCCCO1. The summed E-state index contributed by atoms with van der Waals surface area (Å²) in [6.07, 6.45) is 2.54. The maximum Gasteiger partial charge on any atom is 0.142 e. The van der Waals surface area contributed by atoms with E-state index in [4.69, 9.17) is 16.3 Å². The predicted molar refractivity (Wildman–Crippen MR) is 64.7 cm³/mol. The number of ether oxygens (including phenoxy) is 1. The van der Waals surface area contributed by atoms with Crippen molar-refractivity contribution in [2.45, 2.75) is 37.9 Å². The van der Waals surface area contributed by atoms with E-state index in [1.165, 1.54) is 6.07 Å². The second-order valence-electron chi connectivity index (χ2n) is 4.39. The normalized spacial score (nSPS) is 22.4. The molecule has 1 aliphatic rings. The van der Waals surface area contributed by atoms with Crippen molar-refractivity contribution in [3.05, 3.63) is 34.6 Å². The summed E-state index contributed by atoms with van der Waals surface area (Å²) in [7, 11) is 0. The van der Waals surface area contributed by atoms with Gasteiger partial charge in [-0.25, -0.2) is 4.39 Å². The summed E-state index contributed by atoms with van der Waals surface area (Å²) in [4.78, 5) is 0. The minimum atomic E-state index is -0.616. The first-order chi connectivity index (χ1) is 8.18. The summed E-state index contributed by atoms with van der Waals surface area (Å²) in [6, 6.07) is 4.65. The van der Waals surface area contributed by atoms with Crippen LogP contribution in [0.15, 0.2) is 18.2 Å². The van der Waals surface area contributed by atoms with E-state index in [0.717, 1.165) is 19.3 Å². The molecule has 1 aliphatic heterocycles. The van der Waals surface area contributed by atoms with Crippen molar-refractivity contribution in [3.63, 3.8) is 0 Å². The Kier molecular flexibility index (Phi) is 4.37. The highest BCUT2D eigenvalue weighted by atomic mass is 35.5. The predicted octanol–water partition coefficient (Wildman–Crippen LogP) is 2.95. The van der Waals surface area contributed by atoms with E-state index in [1.807, 2.05) is 0 Å². The fourth-order valence-corrected chi connectivity index (χ4v) is 2.34. The third kappa shape index (κ3) is 3.18. The molecular formula is C13H16ClFO2. The van der Waals surface area contributed by atoms with E-state index < -0.39 is 11.9 Å². The second kappa shape index (κ2) is 5.80. The number of benzene rings is 1. The van der Waals surface area contributed by atoms with Gasteiger partial charge in [0.2, 0.25) is 0 Å². The summed E-state index contributed by atoms with van der Waals surface area (Å²) in [6.45, 7) is 0.693. The van der Waals surface area contributed by atoms with Crippen LogP contribution in [0.4, 0.5) is 4.39 Å². The minimum Gasteiger partial charge on any atom is -0.390 e. The van der Waals surface area contributed by atoms with Crippen LogP contribution in [-0.2, 0) is 11.2 Å². The second-order valence-corrected chi connectivity index (χ2v) is 4.77. The van der Waals surface area contributed by atoms with E-state index in [2.05, 4.69) is 0 Å². The molecule has 1 aromatic rings. The van der Waals surface area contributed by atoms with Gasteiger partial charge in [0, 0.05) is 13.0 Å². The maximum atomic E-state index is 13.2. The molecule has 17 heavy (non-hydrogen) atoms. The quantitative estimate of drug-likeness (QED) is 0.903. The molecule has 0 radical (unpaired) electrons. The van der Waals surface area contributed by atoms with E-state index in [9.17, 15) is 9.50 Å². The van der Waals surface area contributed by atoms with Gasteiger partial charge < -0.3 is 9.84 Å². The lowest BCUT2D eigenvalue weighted by molar-refractivity contribution is -0.0611. The zero-order chi connectivity index (χ0) is 12.3. The number of rotatable bonds is 3. The van der Waals surface area contributed by atoms with Crippen molar-refractivity contribution in [2.24, 2.45) is 0 Å². The van der Waals surface area contributed by atoms with E-state index in [-0.39, 0.29) is 11.1 Å². The molecule has 94 valence electrons. The summed E-state index contributed by atoms with van der Waals surface area (Å²) < 4.78 is 18.7. The zero-order valence-electron chi connectivity index (χ0n) is 9.53. The van der Waals surface area contributed by atoms with E-state index in [0.29, 0.717) is 18.6 Å². The van der Waals surface area contributed by atoms with Crippen molar-refractivity contribution < 1.29 is 14.2 Å². The third-order valence-electron chi connectivity index (χ3n) is 3.10. The van der Waals surface area contributed by atoms with Crippen molar-refractivity contribution in [2.75, 3.05) is 6.61 Å². The fourth-order valence-electron chi connectivity index (χ4n) is 2.13. The lowest BCUT2D eigenvalue weighted by atomic mass is 9.98. The van der Waals surface area contributed by atoms with Crippen LogP contribution in [0.2, 0.25) is 5.02 Å². The van der Waals surface area contributed by atoms with Crippen molar-refractivity contribution >= 4 is 11.6 Å². The summed E-state index contributed by atoms with van der Waals surface area (Å²) in [5, 5.41) is 10.1. The van der Waals surface area contributed by atoms with Gasteiger partial charge in [-0.05, 0) is 30.9 Å². The molecule has 0 amide bonds.